The van der Waals surface area contributed by atoms with Gasteiger partial charge in [0.05, 0.1) is 39.9 Å². The van der Waals surface area contributed by atoms with Crippen LogP contribution in [0.15, 0.2) is 24.3 Å². The number of aliphatic hydroxyl groups is 1. The van der Waals surface area contributed by atoms with Crippen LogP contribution < -0.4 is 10.2 Å². The first kappa shape index (κ1) is 59.0. The minimum atomic E-state index is -4.59. The molecule has 0 fully saturated rings. The van der Waals surface area contributed by atoms with Crippen molar-refractivity contribution in [1.82, 2.24) is 5.32 Å². The van der Waals surface area contributed by atoms with E-state index < -0.39 is 20.0 Å². The molecule has 2 N–H and O–H groups in total. The van der Waals surface area contributed by atoms with Crippen LogP contribution in [0.2, 0.25) is 0 Å². The van der Waals surface area contributed by atoms with E-state index >= 15 is 0 Å². The zero-order valence-electron chi connectivity index (χ0n) is 40.4. The molecule has 0 aliphatic rings. The van der Waals surface area contributed by atoms with E-state index in [1.165, 1.54) is 186 Å². The normalized spacial score (nSPS) is 14.3. The molecule has 0 radical (unpaired) electrons. The first-order chi connectivity index (χ1) is 29.0. The molecule has 1 amide bonds. The van der Waals surface area contributed by atoms with Gasteiger partial charge in [0.2, 0.25) is 5.91 Å². The predicted octanol–water partition coefficient (Wildman–Crippen LogP) is 14.2. The summed E-state index contributed by atoms with van der Waals surface area (Å²) in [6, 6.07) is -0.886. The van der Waals surface area contributed by atoms with E-state index in [2.05, 4.69) is 31.3 Å². The van der Waals surface area contributed by atoms with Gasteiger partial charge in [-0.15, -0.1) is 0 Å². The third-order valence-corrected chi connectivity index (χ3v) is 12.6. The third kappa shape index (κ3) is 45.0. The minimum absolute atomic E-state index is 0.000430. The average Bonchev–Trinajstić information content (AvgIpc) is 3.20. The number of nitrogens with zero attached hydrogens (tertiary/aromatic N) is 1. The number of allylic oxidation sites excluding steroid dienone is 3. The molecular formula is C51H101N2O6P. The SMILES string of the molecule is CCCCCCCCCC/C=C\CCCCCCCCCC(=O)NC(COP(=O)([O-])OCC[N+](C)(C)C)C(O)/C=C/CCCCCCCCCCCCCCCCCCC. The molecule has 0 bridgehead atoms. The maximum Gasteiger partial charge on any atom is 0.268 e. The van der Waals surface area contributed by atoms with Gasteiger partial charge < -0.3 is 28.8 Å². The number of aliphatic hydroxyl groups excluding tert-OH is 1. The number of likely N-dealkylation sites (N-methyl/N-ethyl adjacent to an activating group) is 1. The summed E-state index contributed by atoms with van der Waals surface area (Å²) in [5.74, 6) is -0.199. The third-order valence-electron chi connectivity index (χ3n) is 11.7. The number of carbonyl (C=O) groups excluding carboxylic acids is 1. The van der Waals surface area contributed by atoms with E-state index in [0.29, 0.717) is 17.4 Å². The van der Waals surface area contributed by atoms with Crippen molar-refractivity contribution in [3.8, 4) is 0 Å². The lowest BCUT2D eigenvalue weighted by atomic mass is 10.0. The molecule has 0 aromatic heterocycles. The second kappa shape index (κ2) is 43.2. The molecule has 3 atom stereocenters. The molecule has 0 aliphatic carbocycles. The van der Waals surface area contributed by atoms with Gasteiger partial charge in [-0.1, -0.05) is 218 Å². The largest absolute Gasteiger partial charge is 0.756 e. The van der Waals surface area contributed by atoms with Crippen molar-refractivity contribution >= 4 is 13.7 Å². The van der Waals surface area contributed by atoms with Crippen LogP contribution in [0.5, 0.6) is 0 Å². The van der Waals surface area contributed by atoms with E-state index in [-0.39, 0.29) is 19.1 Å². The Morgan fingerprint density at radius 3 is 1.30 bits per heavy atom. The molecule has 3 unspecified atom stereocenters. The summed E-state index contributed by atoms with van der Waals surface area (Å²) in [6.07, 6.45) is 52.3. The summed E-state index contributed by atoms with van der Waals surface area (Å²) < 4.78 is 23.3. The molecule has 0 spiro atoms. The highest BCUT2D eigenvalue weighted by Gasteiger charge is 2.23. The van der Waals surface area contributed by atoms with Crippen LogP contribution in [-0.4, -0.2) is 68.5 Å². The number of amides is 1. The van der Waals surface area contributed by atoms with Crippen molar-refractivity contribution in [2.45, 2.75) is 257 Å². The van der Waals surface area contributed by atoms with E-state index in [4.69, 9.17) is 9.05 Å². The zero-order chi connectivity index (χ0) is 44.3. The molecule has 0 rings (SSSR count). The first-order valence-electron chi connectivity index (χ1n) is 25.7. The van der Waals surface area contributed by atoms with Crippen LogP contribution in [0.1, 0.15) is 245 Å². The van der Waals surface area contributed by atoms with Crippen LogP contribution in [0.3, 0.4) is 0 Å². The fraction of sp³-hybridized carbons (Fsp3) is 0.902. The number of unbranched alkanes of at least 4 members (excludes halogenated alkanes) is 32. The van der Waals surface area contributed by atoms with Gasteiger partial charge in [0, 0.05) is 6.42 Å². The summed E-state index contributed by atoms with van der Waals surface area (Å²) in [5.41, 5.74) is 0. The quantitative estimate of drug-likeness (QED) is 0.0273. The van der Waals surface area contributed by atoms with Gasteiger partial charge in [-0.05, 0) is 44.9 Å². The lowest BCUT2D eigenvalue weighted by molar-refractivity contribution is -0.870. The number of carbonyl (C=O) groups is 1. The highest BCUT2D eigenvalue weighted by atomic mass is 31.2. The lowest BCUT2D eigenvalue weighted by Crippen LogP contribution is -2.45. The molecule has 356 valence electrons. The molecule has 9 heteroatoms. The predicted molar refractivity (Wildman–Crippen MR) is 256 cm³/mol. The van der Waals surface area contributed by atoms with Gasteiger partial charge in [-0.25, -0.2) is 0 Å². The van der Waals surface area contributed by atoms with E-state index in [9.17, 15) is 19.4 Å². The van der Waals surface area contributed by atoms with Crippen LogP contribution in [0.4, 0.5) is 0 Å². The standard InChI is InChI=1S/C51H101N2O6P/c1-6-8-10-12-14-16-18-20-22-24-26-28-30-32-34-36-38-40-42-44-50(54)49(48-59-60(56,57)58-47-46-53(3,4)5)52-51(55)45-43-41-39-37-35-33-31-29-27-25-23-21-19-17-15-13-11-9-7-2/h25,27,42,44,49-50,54H,6-24,26,28-41,43,45-48H2,1-5H3,(H-,52,55,56,57)/b27-25-,44-42+. The topological polar surface area (TPSA) is 108 Å². The lowest BCUT2D eigenvalue weighted by Gasteiger charge is -2.29. The van der Waals surface area contributed by atoms with Crippen molar-refractivity contribution < 1.29 is 32.9 Å². The minimum Gasteiger partial charge on any atom is -0.756 e. The van der Waals surface area contributed by atoms with E-state index in [1.807, 2.05) is 27.2 Å². The van der Waals surface area contributed by atoms with Crippen LogP contribution >= 0.6 is 7.82 Å². The fourth-order valence-corrected chi connectivity index (χ4v) is 8.28. The van der Waals surface area contributed by atoms with Crippen molar-refractivity contribution in [1.29, 1.82) is 0 Å². The van der Waals surface area contributed by atoms with Gasteiger partial charge in [0.1, 0.15) is 13.2 Å². The maximum absolute atomic E-state index is 12.9. The van der Waals surface area contributed by atoms with E-state index in [0.717, 1.165) is 38.5 Å². The smallest absolute Gasteiger partial charge is 0.268 e. The average molecular weight is 869 g/mol. The molecule has 8 nitrogen and oxygen atoms in total. The summed E-state index contributed by atoms with van der Waals surface area (Å²) >= 11 is 0. The van der Waals surface area contributed by atoms with Crippen LogP contribution in [0, 0.1) is 0 Å². The number of phosphoric ester groups is 1. The summed E-state index contributed by atoms with van der Waals surface area (Å²) in [4.78, 5) is 25.4. The molecule has 60 heavy (non-hydrogen) atoms. The number of quaternary nitrogens is 1. The Bertz CT molecular complexity index is 1030. The second-order valence-corrected chi connectivity index (χ2v) is 20.3. The van der Waals surface area contributed by atoms with E-state index in [1.54, 1.807) is 6.08 Å². The van der Waals surface area contributed by atoms with Gasteiger partial charge in [-0.3, -0.25) is 9.36 Å². The molecule has 0 saturated heterocycles. The first-order valence-corrected chi connectivity index (χ1v) is 27.2. The Balaban J connectivity index is 4.32. The Morgan fingerprint density at radius 2 is 0.917 bits per heavy atom. The van der Waals surface area contributed by atoms with Crippen molar-refractivity contribution in [2.75, 3.05) is 40.9 Å². The van der Waals surface area contributed by atoms with Gasteiger partial charge >= 0.3 is 0 Å². The molecule has 0 saturated carbocycles. The number of rotatable bonds is 47. The summed E-state index contributed by atoms with van der Waals surface area (Å²) in [7, 11) is 1.27. The summed E-state index contributed by atoms with van der Waals surface area (Å²) in [6.45, 7) is 4.67. The Morgan fingerprint density at radius 1 is 0.567 bits per heavy atom. The van der Waals surface area contributed by atoms with Crippen molar-refractivity contribution in [2.24, 2.45) is 0 Å². The van der Waals surface area contributed by atoms with Crippen LogP contribution in [-0.2, 0) is 18.4 Å². The Labute approximate surface area is 373 Å². The molecule has 0 aliphatic heterocycles. The van der Waals surface area contributed by atoms with Gasteiger partial charge in [0.15, 0.2) is 0 Å². The van der Waals surface area contributed by atoms with Crippen LogP contribution in [0.25, 0.3) is 0 Å². The van der Waals surface area contributed by atoms with Gasteiger partial charge in [-0.2, -0.15) is 0 Å². The zero-order valence-corrected chi connectivity index (χ0v) is 41.3. The molecule has 0 aromatic rings. The highest BCUT2D eigenvalue weighted by Crippen LogP contribution is 2.38. The number of hydrogen-bond donors (Lipinski definition) is 2. The monoisotopic (exact) mass is 869 g/mol. The number of nitrogens with one attached hydrogen (secondary N) is 1. The highest BCUT2D eigenvalue weighted by molar-refractivity contribution is 7.45. The number of phosphoric acid groups is 1. The fourth-order valence-electron chi connectivity index (χ4n) is 7.56. The second-order valence-electron chi connectivity index (χ2n) is 18.9. The van der Waals surface area contributed by atoms with Crippen molar-refractivity contribution in [3.05, 3.63) is 24.3 Å². The summed E-state index contributed by atoms with van der Waals surface area (Å²) in [5, 5.41) is 13.8. The molecule has 0 aromatic carbocycles. The Hall–Kier alpha value is -1.02. The molecule has 0 heterocycles. The number of hydrogen-bond acceptors (Lipinski definition) is 6. The van der Waals surface area contributed by atoms with Crippen molar-refractivity contribution in [3.63, 3.8) is 0 Å². The molecular weight excluding hydrogens is 768 g/mol. The van der Waals surface area contributed by atoms with Gasteiger partial charge in [0.25, 0.3) is 7.82 Å². The maximum atomic E-state index is 12.9. The Kier molecular flexibility index (Phi) is 42.5.